The third kappa shape index (κ3) is 4.93. The summed E-state index contributed by atoms with van der Waals surface area (Å²) in [5.41, 5.74) is 3.12. The largest absolute Gasteiger partial charge is 0.457 e. The highest BCUT2D eigenvalue weighted by molar-refractivity contribution is 5.38. The van der Waals surface area contributed by atoms with Crippen LogP contribution in [0.15, 0.2) is 79.4 Å². The Morgan fingerprint density at radius 2 is 1.90 bits per heavy atom. The zero-order valence-corrected chi connectivity index (χ0v) is 17.4. The summed E-state index contributed by atoms with van der Waals surface area (Å²) in [6.07, 6.45) is 8.54. The lowest BCUT2D eigenvalue weighted by molar-refractivity contribution is 0.121. The topological polar surface area (TPSA) is 51.9 Å². The van der Waals surface area contributed by atoms with Gasteiger partial charge in [0, 0.05) is 49.7 Å². The van der Waals surface area contributed by atoms with Crippen molar-refractivity contribution in [2.45, 2.75) is 13.0 Å². The van der Waals surface area contributed by atoms with Crippen LogP contribution < -0.4 is 4.74 Å². The SMILES string of the molecule is c1ccc(Oc2ccccc2CN2CCOCC(Cc3cn4ccnc4cn3)C2)cc1. The highest BCUT2D eigenvalue weighted by Gasteiger charge is 2.21. The van der Waals surface area contributed by atoms with E-state index in [9.17, 15) is 0 Å². The Bertz CT molecular complexity index is 1130. The first kappa shape index (κ1) is 19.7. The number of nitrogens with zero attached hydrogens (tertiary/aromatic N) is 4. The summed E-state index contributed by atoms with van der Waals surface area (Å²) in [5, 5.41) is 0. The molecule has 158 valence electrons. The molecule has 1 fully saturated rings. The van der Waals surface area contributed by atoms with Gasteiger partial charge in [0.2, 0.25) is 0 Å². The van der Waals surface area contributed by atoms with Crippen LogP contribution in [0.4, 0.5) is 0 Å². The number of aromatic nitrogens is 3. The third-order valence-electron chi connectivity index (χ3n) is 5.59. The number of para-hydroxylation sites is 2. The molecule has 0 spiro atoms. The van der Waals surface area contributed by atoms with E-state index in [-0.39, 0.29) is 0 Å². The number of hydrogen-bond acceptors (Lipinski definition) is 5. The van der Waals surface area contributed by atoms with E-state index in [0.717, 1.165) is 62.1 Å². The van der Waals surface area contributed by atoms with Gasteiger partial charge in [0.1, 0.15) is 11.5 Å². The van der Waals surface area contributed by atoms with Crippen molar-refractivity contribution in [2.75, 3.05) is 26.3 Å². The third-order valence-corrected chi connectivity index (χ3v) is 5.59. The van der Waals surface area contributed by atoms with Gasteiger partial charge in [0.15, 0.2) is 5.65 Å². The van der Waals surface area contributed by atoms with Crippen molar-refractivity contribution in [3.63, 3.8) is 0 Å². The molecule has 1 aliphatic rings. The molecular weight excluding hydrogens is 388 g/mol. The standard InChI is InChI=1S/C25H26N4O2/c1-2-7-23(8-3-1)31-24-9-5-4-6-21(24)17-28-12-13-30-19-20(16-28)14-22-18-29-11-10-26-25(29)15-27-22/h1-11,15,18,20H,12-14,16-17,19H2. The zero-order chi connectivity index (χ0) is 20.9. The molecule has 6 heteroatoms. The summed E-state index contributed by atoms with van der Waals surface area (Å²) >= 11 is 0. The molecule has 0 aliphatic carbocycles. The Labute approximate surface area is 182 Å². The van der Waals surface area contributed by atoms with E-state index in [1.54, 1.807) is 6.20 Å². The molecule has 3 heterocycles. The number of rotatable bonds is 6. The summed E-state index contributed by atoms with van der Waals surface area (Å²) < 4.78 is 14.1. The highest BCUT2D eigenvalue weighted by Crippen LogP contribution is 2.27. The van der Waals surface area contributed by atoms with Crippen molar-refractivity contribution in [1.29, 1.82) is 0 Å². The minimum atomic E-state index is 0.387. The molecule has 4 aromatic rings. The molecule has 31 heavy (non-hydrogen) atoms. The monoisotopic (exact) mass is 414 g/mol. The van der Waals surface area contributed by atoms with Crippen LogP contribution in [0.2, 0.25) is 0 Å². The smallest absolute Gasteiger partial charge is 0.155 e. The highest BCUT2D eigenvalue weighted by atomic mass is 16.5. The van der Waals surface area contributed by atoms with Gasteiger partial charge in [-0.3, -0.25) is 9.88 Å². The molecule has 1 atom stereocenters. The van der Waals surface area contributed by atoms with Gasteiger partial charge >= 0.3 is 0 Å². The first-order chi connectivity index (χ1) is 15.3. The average molecular weight is 415 g/mol. The fourth-order valence-corrected chi connectivity index (χ4v) is 4.08. The van der Waals surface area contributed by atoms with Crippen LogP contribution in [-0.4, -0.2) is 45.6 Å². The van der Waals surface area contributed by atoms with Crippen molar-refractivity contribution in [3.8, 4) is 11.5 Å². The Hall–Kier alpha value is -3.22. The van der Waals surface area contributed by atoms with Crippen LogP contribution >= 0.6 is 0 Å². The second-order valence-electron chi connectivity index (χ2n) is 7.97. The number of ether oxygens (including phenoxy) is 2. The Morgan fingerprint density at radius 3 is 2.84 bits per heavy atom. The van der Waals surface area contributed by atoms with Crippen LogP contribution in [0.25, 0.3) is 5.65 Å². The zero-order valence-electron chi connectivity index (χ0n) is 17.4. The van der Waals surface area contributed by atoms with Gasteiger partial charge < -0.3 is 13.9 Å². The molecule has 0 saturated carbocycles. The van der Waals surface area contributed by atoms with E-state index in [4.69, 9.17) is 9.47 Å². The summed E-state index contributed by atoms with van der Waals surface area (Å²) in [5.74, 6) is 2.15. The first-order valence-electron chi connectivity index (χ1n) is 10.7. The molecule has 0 N–H and O–H groups in total. The van der Waals surface area contributed by atoms with Crippen LogP contribution in [0, 0.1) is 5.92 Å². The van der Waals surface area contributed by atoms with E-state index in [0.29, 0.717) is 5.92 Å². The fraction of sp³-hybridized carbons (Fsp3) is 0.280. The molecule has 5 rings (SSSR count). The normalized spacial score (nSPS) is 17.5. The van der Waals surface area contributed by atoms with Gasteiger partial charge in [0.25, 0.3) is 0 Å². The minimum absolute atomic E-state index is 0.387. The lowest BCUT2D eigenvalue weighted by atomic mass is 10.0. The Morgan fingerprint density at radius 1 is 1.03 bits per heavy atom. The van der Waals surface area contributed by atoms with Gasteiger partial charge in [-0.1, -0.05) is 36.4 Å². The van der Waals surface area contributed by atoms with E-state index in [1.165, 1.54) is 5.56 Å². The molecule has 0 amide bonds. The van der Waals surface area contributed by atoms with Crippen molar-refractivity contribution in [2.24, 2.45) is 5.92 Å². The van der Waals surface area contributed by atoms with Gasteiger partial charge in [-0.2, -0.15) is 0 Å². The molecule has 2 aromatic heterocycles. The average Bonchev–Trinajstić information content (AvgIpc) is 3.15. The van der Waals surface area contributed by atoms with Gasteiger partial charge in [0.05, 0.1) is 25.1 Å². The van der Waals surface area contributed by atoms with Gasteiger partial charge in [-0.05, 0) is 24.6 Å². The van der Waals surface area contributed by atoms with Crippen LogP contribution in [-0.2, 0) is 17.7 Å². The van der Waals surface area contributed by atoms with Crippen LogP contribution in [0.1, 0.15) is 11.3 Å². The van der Waals surface area contributed by atoms with Crippen molar-refractivity contribution in [3.05, 3.63) is 90.6 Å². The fourth-order valence-electron chi connectivity index (χ4n) is 4.08. The summed E-state index contributed by atoms with van der Waals surface area (Å²) in [7, 11) is 0. The lowest BCUT2D eigenvalue weighted by Crippen LogP contribution is -2.30. The van der Waals surface area contributed by atoms with Crippen molar-refractivity contribution in [1.82, 2.24) is 19.3 Å². The first-order valence-corrected chi connectivity index (χ1v) is 10.7. The van der Waals surface area contributed by atoms with E-state index < -0.39 is 0 Å². The molecule has 2 aromatic carbocycles. The molecular formula is C25H26N4O2. The summed E-state index contributed by atoms with van der Waals surface area (Å²) in [6, 6.07) is 18.2. The number of imidazole rings is 1. The molecule has 1 unspecified atom stereocenters. The van der Waals surface area contributed by atoms with Gasteiger partial charge in [-0.15, -0.1) is 0 Å². The number of fused-ring (bicyclic) bond motifs is 1. The number of hydrogen-bond donors (Lipinski definition) is 0. The van der Waals surface area contributed by atoms with Crippen LogP contribution in [0.5, 0.6) is 11.5 Å². The minimum Gasteiger partial charge on any atom is -0.457 e. The molecule has 6 nitrogen and oxygen atoms in total. The van der Waals surface area contributed by atoms with Crippen molar-refractivity contribution < 1.29 is 9.47 Å². The predicted molar refractivity (Wildman–Crippen MR) is 119 cm³/mol. The summed E-state index contributed by atoms with van der Waals surface area (Å²) in [6.45, 7) is 4.19. The second kappa shape index (κ2) is 9.29. The maximum absolute atomic E-state index is 6.16. The molecule has 1 saturated heterocycles. The molecule has 0 radical (unpaired) electrons. The molecule has 0 bridgehead atoms. The quantitative estimate of drug-likeness (QED) is 0.473. The number of benzene rings is 2. The van der Waals surface area contributed by atoms with E-state index in [1.807, 2.05) is 59.3 Å². The summed E-state index contributed by atoms with van der Waals surface area (Å²) in [4.78, 5) is 11.3. The maximum Gasteiger partial charge on any atom is 0.155 e. The Kier molecular flexibility index (Phi) is 5.91. The maximum atomic E-state index is 6.16. The Balaban J connectivity index is 1.28. The van der Waals surface area contributed by atoms with Crippen LogP contribution in [0.3, 0.4) is 0 Å². The lowest BCUT2D eigenvalue weighted by Gasteiger charge is -2.24. The van der Waals surface area contributed by atoms with Gasteiger partial charge in [-0.25, -0.2) is 4.98 Å². The van der Waals surface area contributed by atoms with Crippen molar-refractivity contribution >= 4 is 5.65 Å². The molecule has 1 aliphatic heterocycles. The van der Waals surface area contributed by atoms with E-state index in [2.05, 4.69) is 33.2 Å². The predicted octanol–water partition coefficient (Wildman–Crippen LogP) is 4.21. The van der Waals surface area contributed by atoms with E-state index >= 15 is 0 Å². The second-order valence-corrected chi connectivity index (χ2v) is 7.97.